The largest absolute Gasteiger partial charge is 0.260 e. The van der Waals surface area contributed by atoms with Gasteiger partial charge in [0.25, 0.3) is 0 Å². The SMILES string of the molecule is CSN(CF)Cc1ccccn1. The van der Waals surface area contributed by atoms with Crippen molar-refractivity contribution in [1.82, 2.24) is 9.29 Å². The predicted molar refractivity (Wildman–Crippen MR) is 49.3 cm³/mol. The van der Waals surface area contributed by atoms with Crippen molar-refractivity contribution in [2.75, 3.05) is 13.1 Å². The monoisotopic (exact) mass is 186 g/mol. The predicted octanol–water partition coefficient (Wildman–Crippen LogP) is 2.09. The third-order valence-corrected chi connectivity index (χ3v) is 2.20. The highest BCUT2D eigenvalue weighted by Gasteiger charge is 2.02. The van der Waals surface area contributed by atoms with Gasteiger partial charge in [0.15, 0.2) is 6.80 Å². The van der Waals surface area contributed by atoms with Crippen LogP contribution in [0.15, 0.2) is 24.4 Å². The van der Waals surface area contributed by atoms with Gasteiger partial charge in [-0.05, 0) is 18.4 Å². The average molecular weight is 186 g/mol. The van der Waals surface area contributed by atoms with Crippen LogP contribution >= 0.6 is 11.9 Å². The quantitative estimate of drug-likeness (QED) is 0.529. The molecule has 0 saturated carbocycles. The van der Waals surface area contributed by atoms with Crippen molar-refractivity contribution in [3.05, 3.63) is 30.1 Å². The summed E-state index contributed by atoms with van der Waals surface area (Å²) in [6.07, 6.45) is 3.56. The van der Waals surface area contributed by atoms with Crippen LogP contribution in [-0.2, 0) is 6.54 Å². The van der Waals surface area contributed by atoms with E-state index in [1.807, 2.05) is 24.5 Å². The normalized spacial score (nSPS) is 10.6. The summed E-state index contributed by atoms with van der Waals surface area (Å²) >= 11 is 1.38. The maximum absolute atomic E-state index is 12.2. The lowest BCUT2D eigenvalue weighted by atomic mass is 10.3. The van der Waals surface area contributed by atoms with Gasteiger partial charge in [0.05, 0.1) is 12.2 Å². The van der Waals surface area contributed by atoms with Gasteiger partial charge in [0.1, 0.15) is 0 Å². The molecule has 0 bridgehead atoms. The summed E-state index contributed by atoms with van der Waals surface area (Å²) in [6, 6.07) is 5.64. The molecule has 1 aromatic rings. The van der Waals surface area contributed by atoms with E-state index in [1.54, 1.807) is 10.5 Å². The van der Waals surface area contributed by atoms with E-state index in [0.29, 0.717) is 6.54 Å². The summed E-state index contributed by atoms with van der Waals surface area (Å²) in [6.45, 7) is 0.107. The highest BCUT2D eigenvalue weighted by Crippen LogP contribution is 2.09. The van der Waals surface area contributed by atoms with Gasteiger partial charge < -0.3 is 0 Å². The van der Waals surface area contributed by atoms with Crippen LogP contribution in [-0.4, -0.2) is 22.3 Å². The van der Waals surface area contributed by atoms with Crippen molar-refractivity contribution in [2.24, 2.45) is 0 Å². The number of nitrogens with zero attached hydrogens (tertiary/aromatic N) is 2. The molecule has 0 fully saturated rings. The van der Waals surface area contributed by atoms with Gasteiger partial charge in [-0.1, -0.05) is 18.0 Å². The first-order valence-electron chi connectivity index (χ1n) is 3.61. The molecule has 1 aromatic heterocycles. The average Bonchev–Trinajstić information content (AvgIpc) is 2.16. The number of hydrogen-bond acceptors (Lipinski definition) is 3. The third-order valence-electron chi connectivity index (χ3n) is 1.46. The van der Waals surface area contributed by atoms with E-state index in [2.05, 4.69) is 4.98 Å². The van der Waals surface area contributed by atoms with Crippen molar-refractivity contribution >= 4 is 11.9 Å². The molecule has 2 nitrogen and oxygen atoms in total. The highest BCUT2D eigenvalue weighted by molar-refractivity contribution is 7.96. The zero-order chi connectivity index (χ0) is 8.81. The molecule has 0 N–H and O–H groups in total. The Labute approximate surface area is 75.9 Å². The molecule has 66 valence electrons. The molecule has 0 amide bonds. The fourth-order valence-electron chi connectivity index (χ4n) is 0.828. The molecule has 1 rings (SSSR count). The summed E-state index contributed by atoms with van der Waals surface area (Å²) in [4.78, 5) is 4.09. The standard InChI is InChI=1S/C8H11FN2S/c1-12-11(7-9)6-8-4-2-3-5-10-8/h2-5H,6-7H2,1H3. The van der Waals surface area contributed by atoms with Crippen LogP contribution in [0.4, 0.5) is 4.39 Å². The van der Waals surface area contributed by atoms with Gasteiger partial charge in [-0.15, -0.1) is 0 Å². The van der Waals surface area contributed by atoms with Crippen molar-refractivity contribution in [2.45, 2.75) is 6.54 Å². The Morgan fingerprint density at radius 1 is 1.58 bits per heavy atom. The maximum atomic E-state index is 12.2. The fourth-order valence-corrected chi connectivity index (χ4v) is 1.19. The molecule has 0 spiro atoms. The first kappa shape index (κ1) is 9.48. The summed E-state index contributed by atoms with van der Waals surface area (Å²) in [5.41, 5.74) is 0.893. The van der Waals surface area contributed by atoms with Crippen LogP contribution in [0.2, 0.25) is 0 Å². The second kappa shape index (κ2) is 5.11. The lowest BCUT2D eigenvalue weighted by Crippen LogP contribution is -2.13. The molecule has 0 aliphatic rings. The number of halogens is 1. The smallest absolute Gasteiger partial charge is 0.152 e. The molecule has 4 heteroatoms. The van der Waals surface area contributed by atoms with Crippen LogP contribution in [0, 0.1) is 0 Å². The zero-order valence-electron chi connectivity index (χ0n) is 6.90. The summed E-state index contributed by atoms with van der Waals surface area (Å²) in [5, 5.41) is 0. The molecule has 12 heavy (non-hydrogen) atoms. The van der Waals surface area contributed by atoms with Crippen molar-refractivity contribution in [3.63, 3.8) is 0 Å². The van der Waals surface area contributed by atoms with E-state index >= 15 is 0 Å². The molecule has 0 atom stereocenters. The summed E-state index contributed by atoms with van der Waals surface area (Å²) in [7, 11) is 0. The minimum absolute atomic E-state index is 0.447. The van der Waals surface area contributed by atoms with Gasteiger partial charge >= 0.3 is 0 Å². The second-order valence-corrected chi connectivity index (χ2v) is 3.14. The zero-order valence-corrected chi connectivity index (χ0v) is 7.72. The van der Waals surface area contributed by atoms with Crippen LogP contribution in [0.1, 0.15) is 5.69 Å². The lowest BCUT2D eigenvalue weighted by molar-refractivity contribution is 0.305. The Morgan fingerprint density at radius 3 is 2.92 bits per heavy atom. The van der Waals surface area contributed by atoms with Gasteiger partial charge in [-0.3, -0.25) is 4.98 Å². The Bertz CT molecular complexity index is 214. The minimum Gasteiger partial charge on any atom is -0.260 e. The van der Waals surface area contributed by atoms with Crippen LogP contribution in [0.3, 0.4) is 0 Å². The molecule has 1 heterocycles. The van der Waals surface area contributed by atoms with E-state index in [4.69, 9.17) is 0 Å². The van der Waals surface area contributed by atoms with Crippen LogP contribution < -0.4 is 0 Å². The van der Waals surface area contributed by atoms with Gasteiger partial charge in [0, 0.05) is 6.20 Å². The lowest BCUT2D eigenvalue weighted by Gasteiger charge is -2.13. The molecule has 0 aliphatic heterocycles. The Balaban J connectivity index is 2.51. The molecule has 0 unspecified atom stereocenters. The minimum atomic E-state index is -0.447. The van der Waals surface area contributed by atoms with Crippen molar-refractivity contribution < 1.29 is 4.39 Å². The van der Waals surface area contributed by atoms with E-state index in [0.717, 1.165) is 5.69 Å². The van der Waals surface area contributed by atoms with Gasteiger partial charge in [0.2, 0.25) is 0 Å². The van der Waals surface area contributed by atoms with Crippen LogP contribution in [0.5, 0.6) is 0 Å². The number of alkyl halides is 1. The fraction of sp³-hybridized carbons (Fsp3) is 0.375. The van der Waals surface area contributed by atoms with Crippen molar-refractivity contribution in [3.8, 4) is 0 Å². The topological polar surface area (TPSA) is 16.1 Å². The summed E-state index contributed by atoms with van der Waals surface area (Å²) in [5.74, 6) is 0. The van der Waals surface area contributed by atoms with Crippen LogP contribution in [0.25, 0.3) is 0 Å². The Morgan fingerprint density at radius 2 is 2.42 bits per heavy atom. The summed E-state index contributed by atoms with van der Waals surface area (Å²) < 4.78 is 13.8. The van der Waals surface area contributed by atoms with Crippen molar-refractivity contribution in [1.29, 1.82) is 0 Å². The van der Waals surface area contributed by atoms with E-state index < -0.39 is 6.80 Å². The van der Waals surface area contributed by atoms with E-state index in [-0.39, 0.29) is 0 Å². The van der Waals surface area contributed by atoms with Gasteiger partial charge in [-0.25, -0.2) is 8.70 Å². The Kier molecular flexibility index (Phi) is 4.04. The number of hydrogen-bond donors (Lipinski definition) is 0. The first-order valence-corrected chi connectivity index (χ1v) is 4.80. The third kappa shape index (κ3) is 2.79. The highest BCUT2D eigenvalue weighted by atomic mass is 32.2. The molecule has 0 aliphatic carbocycles. The molecule has 0 saturated heterocycles. The van der Waals surface area contributed by atoms with E-state index in [9.17, 15) is 4.39 Å². The number of aromatic nitrogens is 1. The maximum Gasteiger partial charge on any atom is 0.152 e. The molecular formula is C8H11FN2S. The first-order chi connectivity index (χ1) is 5.86. The molecule has 0 aromatic carbocycles. The Hall–Kier alpha value is -0.610. The number of rotatable bonds is 4. The van der Waals surface area contributed by atoms with Gasteiger partial charge in [-0.2, -0.15) is 0 Å². The number of pyridine rings is 1. The second-order valence-electron chi connectivity index (χ2n) is 2.26. The molecule has 0 radical (unpaired) electrons. The van der Waals surface area contributed by atoms with E-state index in [1.165, 1.54) is 11.9 Å². The molecular weight excluding hydrogens is 175 g/mol.